The van der Waals surface area contributed by atoms with Crippen LogP contribution in [0.1, 0.15) is 31.2 Å². The SMILES string of the molecule is O=C(N[C@@H]1CCCC[C@@H]1NS(=O)(=O)c1ccccc1[N+](=O)[O-])OCc1ccccc1. The second-order valence-electron chi connectivity index (χ2n) is 7.05. The third-order valence-corrected chi connectivity index (χ3v) is 6.48. The number of benzene rings is 2. The van der Waals surface area contributed by atoms with Crippen LogP contribution in [0.4, 0.5) is 10.5 Å². The Bertz CT molecular complexity index is 997. The third-order valence-electron chi connectivity index (χ3n) is 4.94. The van der Waals surface area contributed by atoms with Gasteiger partial charge in [-0.15, -0.1) is 0 Å². The number of sulfonamides is 1. The highest BCUT2D eigenvalue weighted by molar-refractivity contribution is 7.89. The summed E-state index contributed by atoms with van der Waals surface area (Å²) in [5.41, 5.74) is 0.345. The van der Waals surface area contributed by atoms with E-state index in [1.807, 2.05) is 30.3 Å². The quantitative estimate of drug-likeness (QED) is 0.510. The Balaban J connectivity index is 1.67. The monoisotopic (exact) mass is 433 g/mol. The first-order valence-corrected chi connectivity index (χ1v) is 11.1. The van der Waals surface area contributed by atoms with Crippen molar-refractivity contribution < 1.29 is 22.9 Å². The van der Waals surface area contributed by atoms with Crippen LogP contribution in [0.3, 0.4) is 0 Å². The molecule has 2 aromatic carbocycles. The molecule has 160 valence electrons. The molecule has 1 aliphatic carbocycles. The van der Waals surface area contributed by atoms with Gasteiger partial charge in [0, 0.05) is 18.2 Å². The molecule has 1 fully saturated rings. The van der Waals surface area contributed by atoms with Crippen LogP contribution < -0.4 is 10.0 Å². The highest BCUT2D eigenvalue weighted by atomic mass is 32.2. The topological polar surface area (TPSA) is 128 Å². The number of amides is 1. The van der Waals surface area contributed by atoms with E-state index in [1.54, 1.807) is 0 Å². The zero-order valence-corrected chi connectivity index (χ0v) is 17.0. The number of hydrogen-bond donors (Lipinski definition) is 2. The van der Waals surface area contributed by atoms with Gasteiger partial charge in [-0.05, 0) is 24.5 Å². The van der Waals surface area contributed by atoms with Crippen molar-refractivity contribution in [1.82, 2.24) is 10.0 Å². The molecule has 0 aromatic heterocycles. The minimum absolute atomic E-state index is 0.103. The van der Waals surface area contributed by atoms with Crippen molar-refractivity contribution in [3.63, 3.8) is 0 Å². The Labute approximate surface area is 174 Å². The van der Waals surface area contributed by atoms with E-state index in [0.29, 0.717) is 12.8 Å². The summed E-state index contributed by atoms with van der Waals surface area (Å²) in [6.07, 6.45) is 2.04. The van der Waals surface area contributed by atoms with Gasteiger partial charge in [-0.2, -0.15) is 0 Å². The van der Waals surface area contributed by atoms with Gasteiger partial charge in [0.15, 0.2) is 4.90 Å². The lowest BCUT2D eigenvalue weighted by molar-refractivity contribution is -0.387. The fourth-order valence-electron chi connectivity index (χ4n) is 3.46. The van der Waals surface area contributed by atoms with Crippen LogP contribution in [0.5, 0.6) is 0 Å². The molecule has 0 unspecified atom stereocenters. The third kappa shape index (κ3) is 5.55. The molecular formula is C20H23N3O6S. The summed E-state index contributed by atoms with van der Waals surface area (Å²) >= 11 is 0. The summed E-state index contributed by atoms with van der Waals surface area (Å²) in [5, 5.41) is 13.9. The summed E-state index contributed by atoms with van der Waals surface area (Å²) in [4.78, 5) is 22.3. The van der Waals surface area contributed by atoms with Gasteiger partial charge in [0.1, 0.15) is 6.61 Å². The molecule has 2 atom stereocenters. The second-order valence-corrected chi connectivity index (χ2v) is 8.73. The van der Waals surface area contributed by atoms with Gasteiger partial charge >= 0.3 is 6.09 Å². The van der Waals surface area contributed by atoms with E-state index in [-0.39, 0.29) is 6.61 Å². The summed E-state index contributed by atoms with van der Waals surface area (Å²) in [5.74, 6) is 0. The van der Waals surface area contributed by atoms with Crippen LogP contribution in [0.2, 0.25) is 0 Å². The molecule has 1 aliphatic rings. The zero-order chi connectivity index (χ0) is 21.6. The summed E-state index contributed by atoms with van der Waals surface area (Å²) < 4.78 is 33.4. The molecule has 10 heteroatoms. The molecule has 2 N–H and O–H groups in total. The normalized spacial score (nSPS) is 19.1. The minimum atomic E-state index is -4.14. The van der Waals surface area contributed by atoms with E-state index in [2.05, 4.69) is 10.0 Å². The Morgan fingerprint density at radius 3 is 2.37 bits per heavy atom. The molecule has 0 bridgehead atoms. The molecule has 0 radical (unpaired) electrons. The predicted octanol–water partition coefficient (Wildman–Crippen LogP) is 3.11. The number of nitro benzene ring substituents is 1. The molecule has 2 aromatic rings. The van der Waals surface area contributed by atoms with Crippen molar-refractivity contribution in [3.05, 3.63) is 70.3 Å². The molecule has 30 heavy (non-hydrogen) atoms. The van der Waals surface area contributed by atoms with Gasteiger partial charge in [0.2, 0.25) is 10.0 Å². The van der Waals surface area contributed by atoms with Crippen LogP contribution in [0, 0.1) is 10.1 Å². The van der Waals surface area contributed by atoms with Crippen molar-refractivity contribution in [2.45, 2.75) is 49.3 Å². The van der Waals surface area contributed by atoms with Crippen molar-refractivity contribution >= 4 is 21.8 Å². The molecule has 0 aliphatic heterocycles. The Kier molecular flexibility index (Phi) is 7.01. The zero-order valence-electron chi connectivity index (χ0n) is 16.2. The van der Waals surface area contributed by atoms with Crippen molar-refractivity contribution in [2.75, 3.05) is 0 Å². The van der Waals surface area contributed by atoms with Crippen molar-refractivity contribution in [1.29, 1.82) is 0 Å². The van der Waals surface area contributed by atoms with E-state index in [9.17, 15) is 23.3 Å². The second kappa shape index (κ2) is 9.68. The van der Waals surface area contributed by atoms with Gasteiger partial charge in [-0.3, -0.25) is 10.1 Å². The number of rotatable bonds is 7. The molecular weight excluding hydrogens is 410 g/mol. The number of nitrogens with zero attached hydrogens (tertiary/aromatic N) is 1. The minimum Gasteiger partial charge on any atom is -0.445 e. The van der Waals surface area contributed by atoms with Crippen LogP contribution >= 0.6 is 0 Å². The average Bonchev–Trinajstić information content (AvgIpc) is 2.74. The number of carbonyl (C=O) groups excluding carboxylic acids is 1. The highest BCUT2D eigenvalue weighted by Crippen LogP contribution is 2.25. The Hall–Kier alpha value is -2.98. The smallest absolute Gasteiger partial charge is 0.407 e. The van der Waals surface area contributed by atoms with Gasteiger partial charge in [0.05, 0.1) is 4.92 Å². The number of alkyl carbamates (subject to hydrolysis) is 1. The van der Waals surface area contributed by atoms with Crippen LogP contribution in [0.25, 0.3) is 0 Å². The average molecular weight is 433 g/mol. The van der Waals surface area contributed by atoms with Crippen LogP contribution in [0.15, 0.2) is 59.5 Å². The van der Waals surface area contributed by atoms with E-state index in [4.69, 9.17) is 4.74 Å². The number of nitrogens with one attached hydrogen (secondary N) is 2. The van der Waals surface area contributed by atoms with Crippen molar-refractivity contribution in [2.24, 2.45) is 0 Å². The number of para-hydroxylation sites is 1. The molecule has 1 saturated carbocycles. The van der Waals surface area contributed by atoms with Gasteiger partial charge in [0.25, 0.3) is 5.69 Å². The van der Waals surface area contributed by atoms with Crippen LogP contribution in [-0.4, -0.2) is 31.5 Å². The van der Waals surface area contributed by atoms with Crippen LogP contribution in [-0.2, 0) is 21.4 Å². The first kappa shape index (κ1) is 21.7. The summed E-state index contributed by atoms with van der Waals surface area (Å²) in [6.45, 7) is 0.103. The fraction of sp³-hybridized carbons (Fsp3) is 0.350. The molecule has 1 amide bonds. The number of nitro groups is 1. The van der Waals surface area contributed by atoms with Gasteiger partial charge < -0.3 is 10.1 Å². The maximum Gasteiger partial charge on any atom is 0.407 e. The van der Waals surface area contributed by atoms with Crippen molar-refractivity contribution in [3.8, 4) is 0 Å². The molecule has 9 nitrogen and oxygen atoms in total. The maximum absolute atomic E-state index is 12.8. The largest absolute Gasteiger partial charge is 0.445 e. The lowest BCUT2D eigenvalue weighted by atomic mass is 9.91. The maximum atomic E-state index is 12.8. The highest BCUT2D eigenvalue weighted by Gasteiger charge is 2.33. The van der Waals surface area contributed by atoms with E-state index in [0.717, 1.165) is 24.5 Å². The first-order chi connectivity index (χ1) is 14.4. The Morgan fingerprint density at radius 2 is 1.67 bits per heavy atom. The number of ether oxygens (including phenoxy) is 1. The predicted molar refractivity (Wildman–Crippen MR) is 109 cm³/mol. The summed E-state index contributed by atoms with van der Waals surface area (Å²) in [6, 6.07) is 13.3. The number of carbonyl (C=O) groups is 1. The fourth-order valence-corrected chi connectivity index (χ4v) is 4.94. The molecule has 3 rings (SSSR count). The lowest BCUT2D eigenvalue weighted by Crippen LogP contribution is -2.53. The summed E-state index contributed by atoms with van der Waals surface area (Å²) in [7, 11) is -4.14. The van der Waals surface area contributed by atoms with Gasteiger partial charge in [-0.25, -0.2) is 17.9 Å². The molecule has 0 spiro atoms. The number of hydrogen-bond acceptors (Lipinski definition) is 6. The first-order valence-electron chi connectivity index (χ1n) is 9.60. The van der Waals surface area contributed by atoms with E-state index >= 15 is 0 Å². The van der Waals surface area contributed by atoms with E-state index < -0.39 is 43.7 Å². The molecule has 0 heterocycles. The standard InChI is InChI=1S/C20H23N3O6S/c24-20(29-14-15-8-2-1-3-9-15)21-16-10-4-5-11-17(16)22-30(27,28)19-13-7-6-12-18(19)23(25)26/h1-3,6-9,12-13,16-17,22H,4-5,10-11,14H2,(H,21,24)/t16-,17+/m1/s1. The van der Waals surface area contributed by atoms with Gasteiger partial charge in [-0.1, -0.05) is 55.3 Å². The molecule has 0 saturated heterocycles. The Morgan fingerprint density at radius 1 is 1.03 bits per heavy atom. The lowest BCUT2D eigenvalue weighted by Gasteiger charge is -2.32. The van der Waals surface area contributed by atoms with E-state index in [1.165, 1.54) is 18.2 Å².